The van der Waals surface area contributed by atoms with E-state index in [1.807, 2.05) is 48.7 Å². The number of unbranched alkanes of at least 4 members (excludes halogenated alkanes) is 1. The lowest BCUT2D eigenvalue weighted by atomic mass is 10.1. The molecule has 2 aromatic carbocycles. The van der Waals surface area contributed by atoms with Crippen LogP contribution >= 0.6 is 0 Å². The number of aromatic amines is 1. The second-order valence-corrected chi connectivity index (χ2v) is 6.56. The van der Waals surface area contributed by atoms with E-state index in [0.717, 1.165) is 35.7 Å². The van der Waals surface area contributed by atoms with Crippen LogP contribution in [-0.2, 0) is 22.4 Å². The Morgan fingerprint density at radius 2 is 1.48 bits per heavy atom. The molecule has 1 heterocycles. The number of aromatic nitrogens is 1. The van der Waals surface area contributed by atoms with E-state index in [1.165, 1.54) is 5.56 Å². The standard InChI is InChI=1S/C22H25N3O2/c26-21(23-14-7-6-10-17-8-2-1-3-9-17)22(27)24-15-13-18-16-25-20-12-5-4-11-19(18)20/h1-5,8-9,11-12,16,25H,6-7,10,13-15H2,(H,23,26)(H,24,27). The van der Waals surface area contributed by atoms with E-state index in [0.29, 0.717) is 19.5 Å². The van der Waals surface area contributed by atoms with Crippen molar-refractivity contribution in [3.63, 3.8) is 0 Å². The van der Waals surface area contributed by atoms with E-state index in [2.05, 4.69) is 27.8 Å². The summed E-state index contributed by atoms with van der Waals surface area (Å²) in [7, 11) is 0. The predicted octanol–water partition coefficient (Wildman–Crippen LogP) is 2.97. The van der Waals surface area contributed by atoms with Crippen LogP contribution in [0.2, 0.25) is 0 Å². The molecule has 0 saturated heterocycles. The van der Waals surface area contributed by atoms with Crippen molar-refractivity contribution >= 4 is 22.7 Å². The fourth-order valence-electron chi connectivity index (χ4n) is 3.11. The normalized spacial score (nSPS) is 10.7. The number of hydrogen-bond acceptors (Lipinski definition) is 2. The number of carbonyl (C=O) groups excluding carboxylic acids is 2. The van der Waals surface area contributed by atoms with Crippen molar-refractivity contribution in [1.82, 2.24) is 15.6 Å². The first-order valence-corrected chi connectivity index (χ1v) is 9.39. The van der Waals surface area contributed by atoms with Crippen molar-refractivity contribution in [2.24, 2.45) is 0 Å². The molecule has 0 aliphatic carbocycles. The molecule has 0 radical (unpaired) electrons. The molecule has 0 spiro atoms. The summed E-state index contributed by atoms with van der Waals surface area (Å²) >= 11 is 0. The number of aryl methyl sites for hydroxylation is 1. The van der Waals surface area contributed by atoms with Gasteiger partial charge in [0.2, 0.25) is 0 Å². The van der Waals surface area contributed by atoms with Crippen molar-refractivity contribution in [3.8, 4) is 0 Å². The van der Waals surface area contributed by atoms with Gasteiger partial charge >= 0.3 is 11.8 Å². The average molecular weight is 363 g/mol. The summed E-state index contributed by atoms with van der Waals surface area (Å²) in [6.07, 6.45) is 5.44. The quantitative estimate of drug-likeness (QED) is 0.425. The van der Waals surface area contributed by atoms with Crippen molar-refractivity contribution in [2.45, 2.75) is 25.7 Å². The molecule has 0 aliphatic rings. The topological polar surface area (TPSA) is 74.0 Å². The van der Waals surface area contributed by atoms with Crippen LogP contribution in [0.3, 0.4) is 0 Å². The van der Waals surface area contributed by atoms with Gasteiger partial charge in [0.05, 0.1) is 0 Å². The molecular formula is C22H25N3O2. The number of H-pyrrole nitrogens is 1. The second kappa shape index (κ2) is 9.57. The molecule has 0 aliphatic heterocycles. The molecule has 0 fully saturated rings. The summed E-state index contributed by atoms with van der Waals surface area (Å²) in [4.78, 5) is 26.9. The zero-order valence-electron chi connectivity index (χ0n) is 15.3. The first-order chi connectivity index (χ1) is 13.2. The highest BCUT2D eigenvalue weighted by molar-refractivity contribution is 6.35. The molecule has 2 amide bonds. The van der Waals surface area contributed by atoms with Crippen LogP contribution in [0.4, 0.5) is 0 Å². The maximum Gasteiger partial charge on any atom is 0.309 e. The number of nitrogens with one attached hydrogen (secondary N) is 3. The Balaban J connectivity index is 1.31. The van der Waals surface area contributed by atoms with Gasteiger partial charge in [-0.1, -0.05) is 48.5 Å². The molecule has 5 nitrogen and oxygen atoms in total. The number of rotatable bonds is 8. The van der Waals surface area contributed by atoms with E-state index < -0.39 is 11.8 Å². The zero-order valence-corrected chi connectivity index (χ0v) is 15.3. The van der Waals surface area contributed by atoms with Crippen LogP contribution in [0, 0.1) is 0 Å². The molecule has 3 aromatic rings. The van der Waals surface area contributed by atoms with Gasteiger partial charge in [-0.2, -0.15) is 0 Å². The molecule has 0 saturated carbocycles. The first-order valence-electron chi connectivity index (χ1n) is 9.39. The zero-order chi connectivity index (χ0) is 18.9. The number of carbonyl (C=O) groups is 2. The summed E-state index contributed by atoms with van der Waals surface area (Å²) in [6, 6.07) is 18.3. The molecular weight excluding hydrogens is 338 g/mol. The molecule has 140 valence electrons. The number of benzene rings is 2. The van der Waals surface area contributed by atoms with Gasteiger partial charge in [-0.25, -0.2) is 0 Å². The number of para-hydroxylation sites is 1. The Bertz CT molecular complexity index is 887. The highest BCUT2D eigenvalue weighted by Crippen LogP contribution is 2.17. The summed E-state index contributed by atoms with van der Waals surface area (Å²) < 4.78 is 0. The number of amides is 2. The third kappa shape index (κ3) is 5.45. The average Bonchev–Trinajstić information content (AvgIpc) is 3.11. The van der Waals surface area contributed by atoms with Gasteiger partial charge in [0.1, 0.15) is 0 Å². The third-order valence-electron chi connectivity index (χ3n) is 4.58. The van der Waals surface area contributed by atoms with Crippen molar-refractivity contribution in [3.05, 3.63) is 71.9 Å². The summed E-state index contributed by atoms with van der Waals surface area (Å²) in [5, 5.41) is 6.52. The molecule has 0 atom stereocenters. The van der Waals surface area contributed by atoms with Gasteiger partial charge in [0.25, 0.3) is 0 Å². The molecule has 3 N–H and O–H groups in total. The molecule has 1 aromatic heterocycles. The highest BCUT2D eigenvalue weighted by Gasteiger charge is 2.12. The Labute approximate surface area is 159 Å². The number of hydrogen-bond donors (Lipinski definition) is 3. The van der Waals surface area contributed by atoms with E-state index in [-0.39, 0.29) is 0 Å². The molecule has 0 unspecified atom stereocenters. The van der Waals surface area contributed by atoms with Gasteiger partial charge in [-0.05, 0) is 42.9 Å². The lowest BCUT2D eigenvalue weighted by Gasteiger charge is -2.06. The highest BCUT2D eigenvalue weighted by atomic mass is 16.2. The van der Waals surface area contributed by atoms with Crippen LogP contribution in [0.1, 0.15) is 24.0 Å². The van der Waals surface area contributed by atoms with Crippen LogP contribution in [-0.4, -0.2) is 29.9 Å². The van der Waals surface area contributed by atoms with E-state index in [9.17, 15) is 9.59 Å². The van der Waals surface area contributed by atoms with Crippen LogP contribution in [0.5, 0.6) is 0 Å². The monoisotopic (exact) mass is 363 g/mol. The second-order valence-electron chi connectivity index (χ2n) is 6.56. The van der Waals surface area contributed by atoms with Gasteiger partial charge in [-0.3, -0.25) is 9.59 Å². The number of fused-ring (bicyclic) bond motifs is 1. The van der Waals surface area contributed by atoms with E-state index in [1.54, 1.807) is 0 Å². The van der Waals surface area contributed by atoms with Crippen molar-refractivity contribution < 1.29 is 9.59 Å². The molecule has 0 bridgehead atoms. The lowest BCUT2D eigenvalue weighted by Crippen LogP contribution is -2.41. The SMILES string of the molecule is O=C(NCCCCc1ccccc1)C(=O)NCCc1c[nH]c2ccccc12. The summed E-state index contributed by atoms with van der Waals surface area (Å²) in [5.41, 5.74) is 3.50. The summed E-state index contributed by atoms with van der Waals surface area (Å²) in [5.74, 6) is -1.13. The third-order valence-corrected chi connectivity index (χ3v) is 4.58. The minimum absolute atomic E-state index is 0.433. The van der Waals surface area contributed by atoms with Crippen LogP contribution < -0.4 is 10.6 Å². The maximum atomic E-state index is 11.9. The Kier molecular flexibility index (Phi) is 6.63. The minimum Gasteiger partial charge on any atom is -0.361 e. The van der Waals surface area contributed by atoms with Crippen molar-refractivity contribution in [1.29, 1.82) is 0 Å². The van der Waals surface area contributed by atoms with Gasteiger partial charge in [-0.15, -0.1) is 0 Å². The first kappa shape index (κ1) is 18.7. The van der Waals surface area contributed by atoms with Gasteiger partial charge in [0, 0.05) is 30.2 Å². The predicted molar refractivity (Wildman–Crippen MR) is 107 cm³/mol. The van der Waals surface area contributed by atoms with Gasteiger partial charge in [0.15, 0.2) is 0 Å². The van der Waals surface area contributed by atoms with E-state index in [4.69, 9.17) is 0 Å². The van der Waals surface area contributed by atoms with Crippen LogP contribution in [0.15, 0.2) is 60.8 Å². The Hall–Kier alpha value is -3.08. The van der Waals surface area contributed by atoms with E-state index >= 15 is 0 Å². The smallest absolute Gasteiger partial charge is 0.309 e. The lowest BCUT2D eigenvalue weighted by molar-refractivity contribution is -0.139. The fourth-order valence-corrected chi connectivity index (χ4v) is 3.11. The summed E-state index contributed by atoms with van der Waals surface area (Å²) in [6.45, 7) is 0.948. The van der Waals surface area contributed by atoms with Crippen LogP contribution in [0.25, 0.3) is 10.9 Å². The van der Waals surface area contributed by atoms with Crippen molar-refractivity contribution in [2.75, 3.05) is 13.1 Å². The fraction of sp³-hybridized carbons (Fsp3) is 0.273. The Morgan fingerprint density at radius 3 is 2.30 bits per heavy atom. The molecule has 3 rings (SSSR count). The Morgan fingerprint density at radius 1 is 0.778 bits per heavy atom. The molecule has 27 heavy (non-hydrogen) atoms. The van der Waals surface area contributed by atoms with Gasteiger partial charge < -0.3 is 15.6 Å². The maximum absolute atomic E-state index is 11.9. The minimum atomic E-state index is -0.571. The largest absolute Gasteiger partial charge is 0.361 e. The molecule has 5 heteroatoms.